The van der Waals surface area contributed by atoms with Gasteiger partial charge in [0.1, 0.15) is 11.0 Å². The molecule has 218 valence electrons. The van der Waals surface area contributed by atoms with Gasteiger partial charge in [0.05, 0.1) is 14.2 Å². The zero-order chi connectivity index (χ0) is 29.6. The van der Waals surface area contributed by atoms with Crippen LogP contribution >= 0.6 is 46.6 Å². The molecule has 1 amide bonds. The number of methoxy groups -OCH3 is 2. The number of amides is 1. The maximum Gasteiger partial charge on any atom is 0.251 e. The number of nitrogens with one attached hydrogen (secondary N) is 1. The molecular formula is C31H29Cl3N4O3S. The van der Waals surface area contributed by atoms with Crippen LogP contribution < -0.4 is 19.7 Å². The third-order valence-corrected chi connectivity index (χ3v) is 8.68. The molecule has 1 aliphatic heterocycles. The van der Waals surface area contributed by atoms with Crippen molar-refractivity contribution in [3.8, 4) is 11.5 Å². The van der Waals surface area contributed by atoms with Crippen LogP contribution in [0.1, 0.15) is 32.6 Å². The van der Waals surface area contributed by atoms with Crippen LogP contribution in [-0.4, -0.2) is 43.2 Å². The molecule has 0 radical (unpaired) electrons. The van der Waals surface area contributed by atoms with E-state index in [4.69, 9.17) is 49.3 Å². The molecular weight excluding hydrogens is 615 g/mol. The van der Waals surface area contributed by atoms with Crippen molar-refractivity contribution >= 4 is 58.3 Å². The van der Waals surface area contributed by atoms with Gasteiger partial charge in [0.2, 0.25) is 0 Å². The zero-order valence-corrected chi connectivity index (χ0v) is 26.2. The molecule has 0 unspecified atom stereocenters. The maximum absolute atomic E-state index is 12.6. The molecule has 3 aromatic carbocycles. The fourth-order valence-corrected chi connectivity index (χ4v) is 6.27. The molecule has 1 aromatic heterocycles. The van der Waals surface area contributed by atoms with Gasteiger partial charge in [-0.05, 0) is 71.5 Å². The van der Waals surface area contributed by atoms with E-state index in [0.29, 0.717) is 56.9 Å². The second-order valence-corrected chi connectivity index (χ2v) is 11.9. The molecule has 0 aliphatic carbocycles. The first-order chi connectivity index (χ1) is 20.3. The highest BCUT2D eigenvalue weighted by atomic mass is 35.5. The van der Waals surface area contributed by atoms with E-state index in [1.807, 2.05) is 42.5 Å². The number of carbonyl (C=O) groups excluding carboxylic acids is 1. The predicted octanol–water partition coefficient (Wildman–Crippen LogP) is 7.28. The molecule has 1 aliphatic rings. The van der Waals surface area contributed by atoms with E-state index in [-0.39, 0.29) is 5.91 Å². The molecule has 7 nitrogen and oxygen atoms in total. The Morgan fingerprint density at radius 2 is 1.69 bits per heavy atom. The van der Waals surface area contributed by atoms with Gasteiger partial charge in [-0.25, -0.2) is 9.97 Å². The average molecular weight is 644 g/mol. The summed E-state index contributed by atoms with van der Waals surface area (Å²) >= 11 is 20.1. The van der Waals surface area contributed by atoms with Crippen LogP contribution in [0.3, 0.4) is 0 Å². The lowest BCUT2D eigenvalue weighted by atomic mass is 9.99. The number of anilines is 1. The summed E-state index contributed by atoms with van der Waals surface area (Å²) in [5, 5.41) is 5.11. The van der Waals surface area contributed by atoms with Gasteiger partial charge in [-0.3, -0.25) is 4.79 Å². The molecule has 0 fully saturated rings. The smallest absolute Gasteiger partial charge is 0.251 e. The third kappa shape index (κ3) is 7.42. The molecule has 5 rings (SSSR count). The highest BCUT2D eigenvalue weighted by Crippen LogP contribution is 2.35. The van der Waals surface area contributed by atoms with E-state index in [2.05, 4.69) is 15.2 Å². The van der Waals surface area contributed by atoms with Gasteiger partial charge in [0.15, 0.2) is 16.7 Å². The summed E-state index contributed by atoms with van der Waals surface area (Å²) in [7, 11) is 3.29. The van der Waals surface area contributed by atoms with Crippen molar-refractivity contribution in [2.45, 2.75) is 30.3 Å². The Kier molecular flexibility index (Phi) is 10.0. The number of ether oxygens (including phenoxy) is 2. The number of hydrogen-bond donors (Lipinski definition) is 1. The van der Waals surface area contributed by atoms with Crippen molar-refractivity contribution in [3.63, 3.8) is 0 Å². The first-order valence-corrected chi connectivity index (χ1v) is 15.4. The van der Waals surface area contributed by atoms with Crippen LogP contribution in [0.25, 0.3) is 0 Å². The fourth-order valence-electron chi connectivity index (χ4n) is 4.73. The van der Waals surface area contributed by atoms with E-state index in [1.54, 1.807) is 32.4 Å². The lowest BCUT2D eigenvalue weighted by molar-refractivity contribution is 0.0954. The minimum absolute atomic E-state index is 0.138. The summed E-state index contributed by atoms with van der Waals surface area (Å²) in [4.78, 5) is 24.0. The van der Waals surface area contributed by atoms with Crippen LogP contribution in [0, 0.1) is 0 Å². The Hall–Kier alpha value is -3.17. The van der Waals surface area contributed by atoms with Crippen LogP contribution in [0.15, 0.2) is 65.8 Å². The molecule has 42 heavy (non-hydrogen) atoms. The molecule has 0 bridgehead atoms. The highest BCUT2D eigenvalue weighted by molar-refractivity contribution is 7.98. The first-order valence-electron chi connectivity index (χ1n) is 13.3. The Morgan fingerprint density at radius 3 is 2.40 bits per heavy atom. The molecule has 0 saturated heterocycles. The monoisotopic (exact) mass is 642 g/mol. The lowest BCUT2D eigenvalue weighted by Crippen LogP contribution is -2.31. The van der Waals surface area contributed by atoms with Crippen molar-refractivity contribution in [2.24, 2.45) is 0 Å². The Bertz CT molecular complexity index is 1590. The van der Waals surface area contributed by atoms with Crippen molar-refractivity contribution in [2.75, 3.05) is 32.2 Å². The number of fused-ring (bicyclic) bond motifs is 1. The standard InChI is InChI=1S/C31H29Cl3N4O3S/c1-40-26-13-22-10-12-38(17-23(22)14-27(26)41-2)29-16-28(34)36-31(37-29)42-18-19-3-5-21(6-4-19)30(39)35-11-9-20-7-8-24(32)15-25(20)33/h3-8,13-16H,9-12,17-18H2,1-2H3,(H,35,39). The number of rotatable bonds is 10. The number of benzene rings is 3. The number of halogens is 3. The van der Waals surface area contributed by atoms with Crippen LogP contribution in [-0.2, 0) is 25.1 Å². The van der Waals surface area contributed by atoms with E-state index in [0.717, 1.165) is 35.7 Å². The van der Waals surface area contributed by atoms with Gasteiger partial charge >= 0.3 is 0 Å². The van der Waals surface area contributed by atoms with E-state index in [9.17, 15) is 4.79 Å². The van der Waals surface area contributed by atoms with Gasteiger partial charge in [-0.1, -0.05) is 64.8 Å². The number of hydrogen-bond acceptors (Lipinski definition) is 7. The van der Waals surface area contributed by atoms with Gasteiger partial charge < -0.3 is 19.7 Å². The lowest BCUT2D eigenvalue weighted by Gasteiger charge is -2.30. The van der Waals surface area contributed by atoms with E-state index in [1.165, 1.54) is 22.9 Å². The summed E-state index contributed by atoms with van der Waals surface area (Å²) in [5.41, 5.74) is 4.98. The number of nitrogens with zero attached hydrogens (tertiary/aromatic N) is 3. The molecule has 0 saturated carbocycles. The fraction of sp³-hybridized carbons (Fsp3) is 0.258. The quantitative estimate of drug-likeness (QED) is 0.111. The van der Waals surface area contributed by atoms with Crippen molar-refractivity contribution in [1.29, 1.82) is 0 Å². The first kappa shape index (κ1) is 30.3. The second-order valence-electron chi connectivity index (χ2n) is 9.71. The Morgan fingerprint density at radius 1 is 0.952 bits per heavy atom. The van der Waals surface area contributed by atoms with E-state index >= 15 is 0 Å². The molecule has 4 aromatic rings. The minimum Gasteiger partial charge on any atom is -0.493 e. The largest absolute Gasteiger partial charge is 0.493 e. The SMILES string of the molecule is COc1cc2c(cc1OC)CN(c1cc(Cl)nc(SCc3ccc(C(=O)NCCc4ccc(Cl)cc4Cl)cc3)n1)CC2. The van der Waals surface area contributed by atoms with Crippen molar-refractivity contribution in [1.82, 2.24) is 15.3 Å². The Balaban J connectivity index is 1.17. The summed E-state index contributed by atoms with van der Waals surface area (Å²) < 4.78 is 11.0. The highest BCUT2D eigenvalue weighted by Gasteiger charge is 2.21. The topological polar surface area (TPSA) is 76.6 Å². The third-order valence-electron chi connectivity index (χ3n) is 6.98. The second kappa shape index (κ2) is 13.9. The van der Waals surface area contributed by atoms with E-state index < -0.39 is 0 Å². The van der Waals surface area contributed by atoms with Crippen LogP contribution in [0.5, 0.6) is 11.5 Å². The molecule has 0 spiro atoms. The van der Waals surface area contributed by atoms with Crippen LogP contribution in [0.2, 0.25) is 15.2 Å². The number of carbonyl (C=O) groups is 1. The minimum atomic E-state index is -0.138. The Labute approximate surface area is 264 Å². The summed E-state index contributed by atoms with van der Waals surface area (Å²) in [5.74, 6) is 2.73. The molecule has 0 atom stereocenters. The maximum atomic E-state index is 12.6. The van der Waals surface area contributed by atoms with Gasteiger partial charge in [-0.2, -0.15) is 0 Å². The predicted molar refractivity (Wildman–Crippen MR) is 170 cm³/mol. The molecule has 1 N–H and O–H groups in total. The van der Waals surface area contributed by atoms with Crippen molar-refractivity contribution < 1.29 is 14.3 Å². The number of aromatic nitrogens is 2. The van der Waals surface area contributed by atoms with Gasteiger partial charge in [0, 0.05) is 47.1 Å². The normalized spacial score (nSPS) is 12.5. The summed E-state index contributed by atoms with van der Waals surface area (Å²) in [6.07, 6.45) is 1.47. The van der Waals surface area contributed by atoms with Crippen molar-refractivity contribution in [3.05, 3.63) is 104 Å². The summed E-state index contributed by atoms with van der Waals surface area (Å²) in [6.45, 7) is 1.95. The summed E-state index contributed by atoms with van der Waals surface area (Å²) in [6, 6.07) is 18.7. The zero-order valence-electron chi connectivity index (χ0n) is 23.1. The number of thioether (sulfide) groups is 1. The van der Waals surface area contributed by atoms with Crippen LogP contribution in [0.4, 0.5) is 5.82 Å². The molecule has 11 heteroatoms. The van der Waals surface area contributed by atoms with Gasteiger partial charge in [0.25, 0.3) is 5.91 Å². The molecule has 2 heterocycles. The average Bonchev–Trinajstić information content (AvgIpc) is 3.00. The van der Waals surface area contributed by atoms with Gasteiger partial charge in [-0.15, -0.1) is 0 Å².